The Morgan fingerprint density at radius 1 is 0.915 bits per heavy atom. The van der Waals surface area contributed by atoms with Crippen molar-refractivity contribution < 1.29 is 24.1 Å². The number of nitrogens with zero attached hydrogens (tertiary/aromatic N) is 3. The van der Waals surface area contributed by atoms with Gasteiger partial charge < -0.3 is 27.0 Å². The Morgan fingerprint density at radius 3 is 2.19 bits per heavy atom. The van der Waals surface area contributed by atoms with Crippen LogP contribution in [-0.4, -0.2) is 70.6 Å². The second-order valence-electron chi connectivity index (χ2n) is 11.1. The molecule has 0 radical (unpaired) electrons. The number of likely N-dealkylation sites (tertiary alicyclic amines) is 1. The van der Waals surface area contributed by atoms with E-state index >= 15 is 0 Å². The smallest absolute Gasteiger partial charge is 0.269 e. The van der Waals surface area contributed by atoms with Crippen LogP contribution in [0.2, 0.25) is 0 Å². The van der Waals surface area contributed by atoms with E-state index in [0.29, 0.717) is 37.1 Å². The first-order valence-electron chi connectivity index (χ1n) is 15.2. The third-order valence-electron chi connectivity index (χ3n) is 7.68. The molecule has 246 valence electrons. The topological polar surface area (TPSA) is 215 Å². The lowest BCUT2D eigenvalue weighted by Crippen LogP contribution is -2.56. The fraction of sp³-hybridized carbons (Fsp3) is 0.303. The summed E-state index contributed by atoms with van der Waals surface area (Å²) in [5, 5.41) is 19.3. The van der Waals surface area contributed by atoms with E-state index in [2.05, 4.69) is 20.9 Å². The monoisotopic (exact) mass is 642 g/mol. The van der Waals surface area contributed by atoms with Crippen molar-refractivity contribution in [3.05, 3.63) is 106 Å². The molecular formula is C33H38N8O6. The lowest BCUT2D eigenvalue weighted by molar-refractivity contribution is -0.384. The second kappa shape index (κ2) is 16.5. The van der Waals surface area contributed by atoms with Gasteiger partial charge in [-0.3, -0.25) is 39.6 Å². The molecule has 0 aliphatic carbocycles. The average Bonchev–Trinajstić information content (AvgIpc) is 3.57. The average molecular weight is 643 g/mol. The zero-order valence-electron chi connectivity index (χ0n) is 25.7. The van der Waals surface area contributed by atoms with E-state index in [1.165, 1.54) is 29.2 Å². The van der Waals surface area contributed by atoms with Gasteiger partial charge >= 0.3 is 0 Å². The number of amides is 4. The van der Waals surface area contributed by atoms with Crippen molar-refractivity contribution in [2.24, 2.45) is 16.5 Å². The lowest BCUT2D eigenvalue weighted by atomic mass is 10.0. The van der Waals surface area contributed by atoms with Gasteiger partial charge in [-0.25, -0.2) is 0 Å². The van der Waals surface area contributed by atoms with Crippen molar-refractivity contribution in [1.82, 2.24) is 15.5 Å². The highest BCUT2D eigenvalue weighted by molar-refractivity contribution is 6.03. The first-order chi connectivity index (χ1) is 22.6. The highest BCUT2D eigenvalue weighted by atomic mass is 16.6. The van der Waals surface area contributed by atoms with Crippen LogP contribution in [0.5, 0.6) is 0 Å². The number of anilines is 1. The Bertz CT molecular complexity index is 1580. The first-order valence-corrected chi connectivity index (χ1v) is 15.2. The Labute approximate surface area is 271 Å². The standard InChI is InChI=1S/C33H38N8O6/c34-33(35)36-19-7-13-26(37-24-15-17-25(18-16-24)41(46)47)29(42)39-30(43)27(21-22-9-3-1-4-10-22)38-31(44)28-14-8-20-40(28)32(45)23-11-5-2-6-12-23/h1-6,9-12,15-18,26-28,37H,7-8,13-14,19-21H2,(H,38,44)(H4,34,35,36)(H,39,42,43)/t26-,27-,28-/m0/s1. The van der Waals surface area contributed by atoms with Crippen molar-refractivity contribution in [2.75, 3.05) is 18.4 Å². The molecule has 1 heterocycles. The molecule has 0 spiro atoms. The third kappa shape index (κ3) is 9.85. The summed E-state index contributed by atoms with van der Waals surface area (Å²) in [7, 11) is 0. The fourth-order valence-corrected chi connectivity index (χ4v) is 5.30. The maximum Gasteiger partial charge on any atom is 0.269 e. The second-order valence-corrected chi connectivity index (χ2v) is 11.1. The van der Waals surface area contributed by atoms with E-state index < -0.39 is 40.8 Å². The number of guanidine groups is 1. The van der Waals surface area contributed by atoms with Crippen LogP contribution in [0.25, 0.3) is 0 Å². The van der Waals surface area contributed by atoms with Crippen LogP contribution in [0.3, 0.4) is 0 Å². The van der Waals surface area contributed by atoms with E-state index in [1.807, 2.05) is 6.07 Å². The van der Waals surface area contributed by atoms with E-state index in [0.717, 1.165) is 5.56 Å². The van der Waals surface area contributed by atoms with Gasteiger partial charge in [-0.2, -0.15) is 0 Å². The minimum atomic E-state index is -1.13. The minimum Gasteiger partial charge on any atom is -0.374 e. The Kier molecular flexibility index (Phi) is 12.0. The van der Waals surface area contributed by atoms with Gasteiger partial charge in [0, 0.05) is 42.9 Å². The number of nitro groups is 1. The fourth-order valence-electron chi connectivity index (χ4n) is 5.30. The van der Waals surface area contributed by atoms with Crippen LogP contribution in [-0.2, 0) is 20.8 Å². The quantitative estimate of drug-likeness (QED) is 0.0571. The van der Waals surface area contributed by atoms with E-state index in [4.69, 9.17) is 11.5 Å². The predicted molar refractivity (Wildman–Crippen MR) is 176 cm³/mol. The molecule has 3 atom stereocenters. The molecular weight excluding hydrogens is 604 g/mol. The maximum atomic E-state index is 13.7. The molecule has 14 nitrogen and oxygen atoms in total. The number of carbonyl (C=O) groups excluding carboxylic acids is 4. The molecule has 7 N–H and O–H groups in total. The number of carbonyl (C=O) groups is 4. The Hall–Kier alpha value is -5.79. The van der Waals surface area contributed by atoms with Crippen LogP contribution in [0.1, 0.15) is 41.6 Å². The molecule has 47 heavy (non-hydrogen) atoms. The van der Waals surface area contributed by atoms with Gasteiger partial charge in [0.05, 0.1) is 4.92 Å². The largest absolute Gasteiger partial charge is 0.374 e. The molecule has 4 amide bonds. The first kappa shape index (κ1) is 34.1. The summed E-state index contributed by atoms with van der Waals surface area (Å²) in [6, 6.07) is 20.3. The number of benzene rings is 3. The van der Waals surface area contributed by atoms with Crippen molar-refractivity contribution in [2.45, 2.75) is 50.2 Å². The number of aliphatic imine (C=N–C) groups is 1. The number of nitrogens with one attached hydrogen (secondary N) is 3. The molecule has 0 bridgehead atoms. The zero-order valence-corrected chi connectivity index (χ0v) is 25.7. The van der Waals surface area contributed by atoms with Crippen molar-refractivity contribution in [1.29, 1.82) is 0 Å². The van der Waals surface area contributed by atoms with Crippen LogP contribution in [0, 0.1) is 10.1 Å². The van der Waals surface area contributed by atoms with Gasteiger partial charge in [0.25, 0.3) is 11.6 Å². The summed E-state index contributed by atoms with van der Waals surface area (Å²) >= 11 is 0. The van der Waals surface area contributed by atoms with Crippen molar-refractivity contribution >= 4 is 41.0 Å². The Morgan fingerprint density at radius 2 is 1.55 bits per heavy atom. The highest BCUT2D eigenvalue weighted by Gasteiger charge is 2.36. The molecule has 4 rings (SSSR count). The number of nitro benzene ring substituents is 1. The van der Waals surface area contributed by atoms with Crippen molar-refractivity contribution in [3.8, 4) is 0 Å². The molecule has 14 heteroatoms. The van der Waals surface area contributed by atoms with E-state index in [1.54, 1.807) is 54.6 Å². The number of nitrogens with two attached hydrogens (primary N) is 2. The lowest BCUT2D eigenvalue weighted by Gasteiger charge is -2.27. The molecule has 0 saturated carbocycles. The molecule has 1 aliphatic rings. The number of non-ortho nitro benzene ring substituents is 1. The van der Waals surface area contributed by atoms with E-state index in [9.17, 15) is 29.3 Å². The summed E-state index contributed by atoms with van der Waals surface area (Å²) in [6.45, 7) is 0.629. The molecule has 3 aromatic carbocycles. The normalized spacial score (nSPS) is 15.1. The summed E-state index contributed by atoms with van der Waals surface area (Å²) in [5.74, 6) is -2.27. The summed E-state index contributed by atoms with van der Waals surface area (Å²) < 4.78 is 0. The molecule has 0 unspecified atom stereocenters. The van der Waals surface area contributed by atoms with E-state index in [-0.39, 0.29) is 36.9 Å². The van der Waals surface area contributed by atoms with Gasteiger partial charge in [-0.15, -0.1) is 0 Å². The molecule has 1 aliphatic heterocycles. The minimum absolute atomic E-state index is 0.0932. The van der Waals surface area contributed by atoms with Crippen LogP contribution >= 0.6 is 0 Å². The highest BCUT2D eigenvalue weighted by Crippen LogP contribution is 2.21. The van der Waals surface area contributed by atoms with Gasteiger partial charge in [0.1, 0.15) is 18.1 Å². The third-order valence-corrected chi connectivity index (χ3v) is 7.68. The summed E-state index contributed by atoms with van der Waals surface area (Å²) in [4.78, 5) is 69.9. The molecule has 0 aromatic heterocycles. The SMILES string of the molecule is NC(N)=NCCC[C@H](Nc1ccc([N+](=O)[O-])cc1)C(=O)NC(=O)[C@H](Cc1ccccc1)NC(=O)[C@@H]1CCCN1C(=O)c1ccccc1. The van der Waals surface area contributed by atoms with Gasteiger partial charge in [0.15, 0.2) is 5.96 Å². The number of hydrogen-bond acceptors (Lipinski definition) is 8. The number of hydrogen-bond donors (Lipinski definition) is 5. The zero-order chi connectivity index (χ0) is 33.8. The Balaban J connectivity index is 1.50. The molecule has 1 saturated heterocycles. The van der Waals surface area contributed by atoms with Gasteiger partial charge in [-0.1, -0.05) is 48.5 Å². The van der Waals surface area contributed by atoms with Gasteiger partial charge in [-0.05, 0) is 55.5 Å². The van der Waals surface area contributed by atoms with Crippen LogP contribution < -0.4 is 27.4 Å². The number of imide groups is 1. The maximum absolute atomic E-state index is 13.7. The molecule has 1 fully saturated rings. The summed E-state index contributed by atoms with van der Waals surface area (Å²) in [5.41, 5.74) is 12.3. The predicted octanol–water partition coefficient (Wildman–Crippen LogP) is 2.10. The van der Waals surface area contributed by atoms with Crippen LogP contribution in [0.15, 0.2) is 89.9 Å². The van der Waals surface area contributed by atoms with Gasteiger partial charge in [0.2, 0.25) is 17.7 Å². The summed E-state index contributed by atoms with van der Waals surface area (Å²) in [6.07, 6.45) is 1.74. The number of rotatable bonds is 14. The van der Waals surface area contributed by atoms with Crippen molar-refractivity contribution in [3.63, 3.8) is 0 Å². The molecule has 3 aromatic rings. The van der Waals surface area contributed by atoms with Crippen LogP contribution in [0.4, 0.5) is 11.4 Å².